The Morgan fingerprint density at radius 1 is 0.767 bits per heavy atom. The summed E-state index contributed by atoms with van der Waals surface area (Å²) in [6.45, 7) is 16.5. The maximum atomic E-state index is 13.6. The van der Waals surface area contributed by atoms with Crippen molar-refractivity contribution < 1.29 is 24.0 Å². The van der Waals surface area contributed by atoms with E-state index in [-0.39, 0.29) is 35.6 Å². The van der Waals surface area contributed by atoms with Crippen LogP contribution < -0.4 is 20.0 Å². The molecule has 3 aromatic rings. The van der Waals surface area contributed by atoms with Gasteiger partial charge in [-0.3, -0.25) is 39.1 Å². The van der Waals surface area contributed by atoms with Crippen molar-refractivity contribution in [1.29, 1.82) is 0 Å². The van der Waals surface area contributed by atoms with Crippen molar-refractivity contribution in [3.05, 3.63) is 93.8 Å². The van der Waals surface area contributed by atoms with Crippen molar-refractivity contribution in [3.63, 3.8) is 0 Å². The van der Waals surface area contributed by atoms with Gasteiger partial charge in [-0.1, -0.05) is 17.7 Å². The minimum atomic E-state index is -0.964. The monoisotopic (exact) mass is 828 g/mol. The summed E-state index contributed by atoms with van der Waals surface area (Å²) in [6, 6.07) is 18.4. The summed E-state index contributed by atoms with van der Waals surface area (Å²) >= 11 is 6.33. The van der Waals surface area contributed by atoms with Gasteiger partial charge in [0.1, 0.15) is 6.04 Å². The molecule has 0 bridgehead atoms. The summed E-state index contributed by atoms with van der Waals surface area (Å²) in [5.41, 5.74) is 5.33. The quantitative estimate of drug-likeness (QED) is 0.240. The van der Waals surface area contributed by atoms with Crippen molar-refractivity contribution in [3.8, 4) is 0 Å². The number of hydrogen-bond acceptors (Lipinski definition) is 9. The molecule has 2 spiro atoms. The first-order valence-corrected chi connectivity index (χ1v) is 21.8. The number of carbonyl (C=O) groups is 5. The predicted octanol–water partition coefficient (Wildman–Crippen LogP) is 5.61. The number of hydrogen-bond donors (Lipinski definition) is 1. The molecule has 1 aliphatic carbocycles. The normalized spacial score (nSPS) is 26.3. The average molecular weight is 829 g/mol. The third kappa shape index (κ3) is 6.68. The lowest BCUT2D eigenvalue weighted by atomic mass is 9.61. The van der Waals surface area contributed by atoms with Gasteiger partial charge in [0.15, 0.2) is 0 Å². The summed E-state index contributed by atoms with van der Waals surface area (Å²) in [7, 11) is 0. The molecular weight excluding hydrogens is 780 g/mol. The van der Waals surface area contributed by atoms with E-state index < -0.39 is 23.8 Å². The van der Waals surface area contributed by atoms with E-state index in [2.05, 4.69) is 41.9 Å². The minimum absolute atomic E-state index is 0.0886. The van der Waals surface area contributed by atoms with Gasteiger partial charge >= 0.3 is 0 Å². The number of piperazine rings is 1. The molecule has 5 saturated heterocycles. The zero-order valence-electron chi connectivity index (χ0n) is 33.7. The van der Waals surface area contributed by atoms with Gasteiger partial charge in [-0.2, -0.15) is 0 Å². The van der Waals surface area contributed by atoms with Gasteiger partial charge in [-0.05, 0) is 111 Å². The Morgan fingerprint density at radius 3 is 2.15 bits per heavy atom. The maximum Gasteiger partial charge on any atom is 0.262 e. The summed E-state index contributed by atoms with van der Waals surface area (Å²) in [4.78, 5) is 80.7. The number of fused-ring (bicyclic) bond motifs is 1. The van der Waals surface area contributed by atoms with Crippen LogP contribution in [0.15, 0.2) is 60.7 Å². The van der Waals surface area contributed by atoms with Crippen molar-refractivity contribution in [2.45, 2.75) is 62.9 Å². The highest BCUT2D eigenvalue weighted by Crippen LogP contribution is 2.53. The number of piperidine rings is 2. The molecular formula is C46H49ClN8O5. The van der Waals surface area contributed by atoms with Crippen molar-refractivity contribution in [2.24, 2.45) is 11.3 Å². The Bertz CT molecular complexity index is 2320. The van der Waals surface area contributed by atoms with E-state index in [1.54, 1.807) is 12.1 Å². The molecule has 3 aromatic carbocycles. The van der Waals surface area contributed by atoms with Crippen LogP contribution in [0.1, 0.15) is 82.4 Å². The van der Waals surface area contributed by atoms with Crippen LogP contribution in [0.4, 0.5) is 22.7 Å². The molecule has 1 unspecified atom stereocenters. The molecule has 310 valence electrons. The minimum Gasteiger partial charge on any atom is -0.371 e. The molecule has 1 N–H and O–H groups in total. The first-order chi connectivity index (χ1) is 29.0. The number of benzene rings is 3. The van der Waals surface area contributed by atoms with Gasteiger partial charge in [-0.15, -0.1) is 0 Å². The maximum absolute atomic E-state index is 13.6. The smallest absolute Gasteiger partial charge is 0.262 e. The number of imide groups is 2. The lowest BCUT2D eigenvalue weighted by Gasteiger charge is -2.63. The molecule has 1 atom stereocenters. The topological polar surface area (TPSA) is 121 Å². The second-order valence-electron chi connectivity index (χ2n) is 18.1. The molecule has 13 nitrogen and oxygen atoms in total. The van der Waals surface area contributed by atoms with Crippen LogP contribution in [0.2, 0.25) is 5.02 Å². The highest BCUT2D eigenvalue weighted by molar-refractivity contribution is 6.33. The Hall–Kier alpha value is -5.45. The number of rotatable bonds is 7. The lowest BCUT2D eigenvalue weighted by molar-refractivity contribution is -0.136. The molecule has 0 radical (unpaired) electrons. The van der Waals surface area contributed by atoms with Gasteiger partial charge in [0.25, 0.3) is 17.7 Å². The Labute approximate surface area is 355 Å². The highest BCUT2D eigenvalue weighted by Gasteiger charge is 2.54. The zero-order valence-corrected chi connectivity index (χ0v) is 34.5. The molecule has 7 aliphatic rings. The summed E-state index contributed by atoms with van der Waals surface area (Å²) in [6.07, 6.45) is 6.62. The highest BCUT2D eigenvalue weighted by atomic mass is 35.5. The van der Waals surface area contributed by atoms with E-state index in [9.17, 15) is 24.0 Å². The Morgan fingerprint density at radius 2 is 1.47 bits per heavy atom. The fraction of sp³-hybridized carbons (Fsp3) is 0.478. The Balaban J connectivity index is 0.676. The molecule has 6 heterocycles. The Kier molecular flexibility index (Phi) is 9.63. The second-order valence-corrected chi connectivity index (χ2v) is 18.5. The van der Waals surface area contributed by atoms with E-state index in [0.717, 1.165) is 131 Å². The van der Waals surface area contributed by atoms with Gasteiger partial charge in [-0.25, -0.2) is 4.85 Å². The lowest BCUT2D eigenvalue weighted by Crippen LogP contribution is -2.68. The van der Waals surface area contributed by atoms with E-state index in [1.807, 2.05) is 41.3 Å². The predicted molar refractivity (Wildman–Crippen MR) is 228 cm³/mol. The van der Waals surface area contributed by atoms with E-state index >= 15 is 0 Å². The second kappa shape index (κ2) is 14.9. The fourth-order valence-electron chi connectivity index (χ4n) is 11.2. The summed E-state index contributed by atoms with van der Waals surface area (Å²) in [5, 5.41) is 2.76. The summed E-state index contributed by atoms with van der Waals surface area (Å²) in [5.74, 6) is -1.21. The fourth-order valence-corrected chi connectivity index (χ4v) is 11.4. The summed E-state index contributed by atoms with van der Waals surface area (Å²) < 4.78 is 0. The van der Waals surface area contributed by atoms with Crippen molar-refractivity contribution in [1.82, 2.24) is 20.0 Å². The number of halogens is 1. The third-order valence-electron chi connectivity index (χ3n) is 14.8. The molecule has 10 rings (SSSR count). The number of nitrogens with zero attached hydrogens (tertiary/aromatic N) is 7. The molecule has 6 fully saturated rings. The van der Waals surface area contributed by atoms with Gasteiger partial charge in [0.05, 0.1) is 17.7 Å². The van der Waals surface area contributed by atoms with Crippen LogP contribution in [0.5, 0.6) is 0 Å². The van der Waals surface area contributed by atoms with Crippen LogP contribution in [-0.2, 0) is 9.59 Å². The number of carbonyl (C=O) groups excluding carboxylic acids is 5. The number of nitrogens with one attached hydrogen (secondary N) is 1. The van der Waals surface area contributed by atoms with Crippen LogP contribution in [0.25, 0.3) is 4.85 Å². The van der Waals surface area contributed by atoms with E-state index in [4.69, 9.17) is 18.2 Å². The molecule has 0 aromatic heterocycles. The van der Waals surface area contributed by atoms with Gasteiger partial charge in [0, 0.05) is 105 Å². The standard InChI is InChI=1S/C46H49ClN8O5/c1-48-38-9-7-33(25-37(38)47)53-18-14-45(29-53)12-16-52(17-13-45)42(58)31-2-4-32(5-3-31)51-22-20-50(21-23-51)28-30-26-46(27-30)15-19-54(46)34-6-8-35-36(24-34)44(60)55(43(35)59)39-10-11-40(56)49-41(39)57/h2-9,24-25,30,39H,10-23,26-29H2,(H,49,56,57). The molecule has 1 saturated carbocycles. The molecule has 60 heavy (non-hydrogen) atoms. The SMILES string of the molecule is [C-]#[N+]c1ccc(N2CCC3(CCN(C(=O)c4ccc(N5CCN(CC6CC7(CCN7c7ccc8c(c7)C(=O)N(C7CCC(=O)NC7=O)C8=O)C6)CC5)cc4)CC3)C2)cc1Cl. The van der Waals surface area contributed by atoms with Crippen LogP contribution in [-0.4, -0.2) is 121 Å². The van der Waals surface area contributed by atoms with Crippen LogP contribution in [0, 0.1) is 17.9 Å². The number of anilines is 3. The molecule has 14 heteroatoms. The molecule has 6 aliphatic heterocycles. The van der Waals surface area contributed by atoms with Crippen molar-refractivity contribution >= 4 is 63.9 Å². The van der Waals surface area contributed by atoms with Gasteiger partial charge in [0.2, 0.25) is 17.5 Å². The van der Waals surface area contributed by atoms with E-state index in [0.29, 0.717) is 27.8 Å². The number of amides is 5. The van der Waals surface area contributed by atoms with Gasteiger partial charge < -0.3 is 19.6 Å². The largest absolute Gasteiger partial charge is 0.371 e. The first-order valence-electron chi connectivity index (χ1n) is 21.4. The van der Waals surface area contributed by atoms with Crippen LogP contribution in [0.3, 0.4) is 0 Å². The van der Waals surface area contributed by atoms with E-state index in [1.165, 1.54) is 0 Å². The third-order valence-corrected chi connectivity index (χ3v) is 15.1. The first kappa shape index (κ1) is 38.7. The average Bonchev–Trinajstić information content (AvgIpc) is 3.75. The molecule has 5 amide bonds. The number of likely N-dealkylation sites (tertiary alicyclic amines) is 1. The van der Waals surface area contributed by atoms with Crippen LogP contribution >= 0.6 is 11.6 Å². The van der Waals surface area contributed by atoms with Crippen molar-refractivity contribution in [2.75, 3.05) is 80.1 Å². The zero-order chi connectivity index (χ0) is 41.3.